The van der Waals surface area contributed by atoms with Crippen LogP contribution < -0.4 is 25.9 Å². The monoisotopic (exact) mass is 461 g/mol. The quantitative estimate of drug-likeness (QED) is 0.545. The summed E-state index contributed by atoms with van der Waals surface area (Å²) >= 11 is 0. The molecule has 10 nitrogen and oxygen atoms in total. The molecule has 178 valence electrons. The first-order valence-electron chi connectivity index (χ1n) is 10.9. The topological polar surface area (TPSA) is 116 Å². The van der Waals surface area contributed by atoms with E-state index in [4.69, 9.17) is 9.84 Å². The van der Waals surface area contributed by atoms with E-state index in [0.717, 1.165) is 13.1 Å². The van der Waals surface area contributed by atoms with E-state index >= 15 is 4.39 Å². The van der Waals surface area contributed by atoms with Crippen LogP contribution in [-0.2, 0) is 4.79 Å². The van der Waals surface area contributed by atoms with Gasteiger partial charge in [0.05, 0.1) is 23.4 Å². The number of anilines is 1. The average molecular weight is 461 g/mol. The summed E-state index contributed by atoms with van der Waals surface area (Å²) in [6, 6.07) is 0.455. The third-order valence-corrected chi connectivity index (χ3v) is 6.12. The zero-order valence-corrected chi connectivity index (χ0v) is 18.9. The first-order valence-corrected chi connectivity index (χ1v) is 10.9. The van der Waals surface area contributed by atoms with Gasteiger partial charge in [0.25, 0.3) is 5.91 Å². The second-order valence-electron chi connectivity index (χ2n) is 8.76. The SMILES string of the molecule is CC(CC(=O)O)NNC(=O)c1cn2c3c(c(N4CCN(C)CC4)c(F)cc3c1=O)OCC2C. The summed E-state index contributed by atoms with van der Waals surface area (Å²) in [4.78, 5) is 40.8. The summed E-state index contributed by atoms with van der Waals surface area (Å²) in [6.07, 6.45) is 1.26. The van der Waals surface area contributed by atoms with Crippen LogP contribution >= 0.6 is 0 Å². The lowest BCUT2D eigenvalue weighted by Crippen LogP contribution is -2.46. The van der Waals surface area contributed by atoms with Gasteiger partial charge in [0.2, 0.25) is 5.43 Å². The molecule has 3 heterocycles. The van der Waals surface area contributed by atoms with E-state index in [0.29, 0.717) is 30.0 Å². The highest BCUT2D eigenvalue weighted by atomic mass is 19.1. The van der Waals surface area contributed by atoms with E-state index in [2.05, 4.69) is 15.8 Å². The lowest BCUT2D eigenvalue weighted by atomic mass is 10.0. The van der Waals surface area contributed by atoms with Gasteiger partial charge in [0.15, 0.2) is 11.6 Å². The Bertz CT molecular complexity index is 1160. The van der Waals surface area contributed by atoms with Crippen molar-refractivity contribution in [3.05, 3.63) is 33.9 Å². The van der Waals surface area contributed by atoms with Gasteiger partial charge >= 0.3 is 5.97 Å². The number of nitrogens with one attached hydrogen (secondary N) is 2. The van der Waals surface area contributed by atoms with Crippen LogP contribution in [0.2, 0.25) is 0 Å². The molecule has 1 aromatic carbocycles. The average Bonchev–Trinajstić information content (AvgIpc) is 2.76. The van der Waals surface area contributed by atoms with Gasteiger partial charge < -0.3 is 24.2 Å². The number of carboxylic acids is 1. The van der Waals surface area contributed by atoms with Gasteiger partial charge in [-0.2, -0.15) is 0 Å². The zero-order chi connectivity index (χ0) is 23.9. The van der Waals surface area contributed by atoms with Crippen molar-refractivity contribution in [2.75, 3.05) is 44.7 Å². The minimum absolute atomic E-state index is 0.0677. The Morgan fingerprint density at radius 3 is 2.67 bits per heavy atom. The maximum absolute atomic E-state index is 15.3. The maximum Gasteiger partial charge on any atom is 0.304 e. The number of piperazine rings is 1. The number of carboxylic acid groups (broad SMARTS) is 1. The lowest BCUT2D eigenvalue weighted by Gasteiger charge is -2.37. The molecule has 0 radical (unpaired) electrons. The highest BCUT2D eigenvalue weighted by Crippen LogP contribution is 2.42. The number of hydrogen-bond acceptors (Lipinski definition) is 7. The van der Waals surface area contributed by atoms with E-state index in [-0.39, 0.29) is 30.0 Å². The third-order valence-electron chi connectivity index (χ3n) is 6.12. The number of ether oxygens (including phenoxy) is 1. The fourth-order valence-electron chi connectivity index (χ4n) is 4.27. The predicted molar refractivity (Wildman–Crippen MR) is 120 cm³/mol. The van der Waals surface area contributed by atoms with Crippen LogP contribution in [0.5, 0.6) is 5.75 Å². The van der Waals surface area contributed by atoms with Crippen molar-refractivity contribution in [3.8, 4) is 5.75 Å². The molecule has 1 saturated heterocycles. The smallest absolute Gasteiger partial charge is 0.304 e. The molecule has 1 fully saturated rings. The van der Waals surface area contributed by atoms with Gasteiger partial charge in [-0.15, -0.1) is 0 Å². The van der Waals surface area contributed by atoms with Crippen molar-refractivity contribution in [1.29, 1.82) is 0 Å². The first kappa shape index (κ1) is 23.0. The summed E-state index contributed by atoms with van der Waals surface area (Å²) in [5, 5.41) is 8.92. The molecule has 0 spiro atoms. The largest absolute Gasteiger partial charge is 0.487 e. The molecular weight excluding hydrogens is 433 g/mol. The number of nitrogens with zero attached hydrogens (tertiary/aromatic N) is 3. The van der Waals surface area contributed by atoms with E-state index in [1.165, 1.54) is 12.3 Å². The molecular formula is C22H28FN5O5. The summed E-state index contributed by atoms with van der Waals surface area (Å²) in [7, 11) is 2.01. The van der Waals surface area contributed by atoms with Crippen LogP contribution in [-0.4, -0.2) is 72.3 Å². The third kappa shape index (κ3) is 4.38. The van der Waals surface area contributed by atoms with Crippen LogP contribution in [0.4, 0.5) is 10.1 Å². The van der Waals surface area contributed by atoms with Gasteiger partial charge in [0, 0.05) is 38.4 Å². The maximum atomic E-state index is 15.3. The summed E-state index contributed by atoms with van der Waals surface area (Å²) in [5.74, 6) is -1.98. The van der Waals surface area contributed by atoms with Gasteiger partial charge in [-0.05, 0) is 27.0 Å². The highest BCUT2D eigenvalue weighted by molar-refractivity contribution is 6.00. The Kier molecular flexibility index (Phi) is 6.26. The van der Waals surface area contributed by atoms with Crippen molar-refractivity contribution in [1.82, 2.24) is 20.3 Å². The Labute approximate surface area is 189 Å². The minimum atomic E-state index is -1.02. The molecule has 0 aliphatic carbocycles. The molecule has 33 heavy (non-hydrogen) atoms. The highest BCUT2D eigenvalue weighted by Gasteiger charge is 2.31. The van der Waals surface area contributed by atoms with Crippen LogP contribution in [0.3, 0.4) is 0 Å². The Morgan fingerprint density at radius 2 is 2.00 bits per heavy atom. The number of hydrogen-bond donors (Lipinski definition) is 3. The minimum Gasteiger partial charge on any atom is -0.487 e. The number of carbonyl (C=O) groups excluding carboxylic acids is 1. The fourth-order valence-corrected chi connectivity index (χ4v) is 4.27. The number of pyridine rings is 1. The molecule has 2 unspecified atom stereocenters. The standard InChI is InChI=1S/C22H28FN5O5/c1-12(8-17(29)30)24-25-22(32)15-10-28-13(2)11-33-21-18(28)14(20(15)31)9-16(23)19(21)27-6-4-26(3)5-7-27/h9-10,12-13,24H,4-8,11H2,1-3H3,(H,25,32)(H,29,30). The molecule has 1 aromatic heterocycles. The molecule has 0 saturated carbocycles. The number of aromatic nitrogens is 1. The van der Waals surface area contributed by atoms with E-state index < -0.39 is 29.2 Å². The number of halogens is 1. The van der Waals surface area contributed by atoms with Gasteiger partial charge in [-0.25, -0.2) is 9.82 Å². The van der Waals surface area contributed by atoms with Gasteiger partial charge in [-0.1, -0.05) is 0 Å². The molecule has 3 N–H and O–H groups in total. The molecule has 2 aliphatic rings. The number of rotatable bonds is 6. The fraction of sp³-hybridized carbons (Fsp3) is 0.500. The molecule has 1 amide bonds. The first-order chi connectivity index (χ1) is 15.7. The van der Waals surface area contributed by atoms with E-state index in [1.807, 2.05) is 18.9 Å². The summed E-state index contributed by atoms with van der Waals surface area (Å²) < 4.78 is 23.1. The van der Waals surface area contributed by atoms with Crippen molar-refractivity contribution in [3.63, 3.8) is 0 Å². The van der Waals surface area contributed by atoms with Gasteiger partial charge in [0.1, 0.15) is 17.9 Å². The summed E-state index contributed by atoms with van der Waals surface area (Å²) in [6.45, 7) is 6.58. The van der Waals surface area contributed by atoms with Crippen LogP contribution in [0, 0.1) is 5.82 Å². The number of amides is 1. The second kappa shape index (κ2) is 8.99. The van der Waals surface area contributed by atoms with E-state index in [1.54, 1.807) is 11.5 Å². The molecule has 2 aromatic rings. The van der Waals surface area contributed by atoms with Gasteiger partial charge in [-0.3, -0.25) is 19.8 Å². The van der Waals surface area contributed by atoms with Crippen molar-refractivity contribution >= 4 is 28.5 Å². The Hall–Kier alpha value is -3.18. The van der Waals surface area contributed by atoms with Crippen molar-refractivity contribution < 1.29 is 23.8 Å². The van der Waals surface area contributed by atoms with Crippen LogP contribution in [0.1, 0.15) is 36.7 Å². The van der Waals surface area contributed by atoms with E-state index in [9.17, 15) is 14.4 Å². The normalized spacial score (nSPS) is 19.3. The Balaban J connectivity index is 1.76. The number of carbonyl (C=O) groups is 2. The Morgan fingerprint density at radius 1 is 1.30 bits per heavy atom. The number of benzene rings is 1. The molecule has 11 heteroatoms. The molecule has 4 rings (SSSR count). The van der Waals surface area contributed by atoms with Crippen LogP contribution in [0.15, 0.2) is 17.1 Å². The van der Waals surface area contributed by atoms with Crippen LogP contribution in [0.25, 0.3) is 10.9 Å². The zero-order valence-electron chi connectivity index (χ0n) is 18.9. The second-order valence-corrected chi connectivity index (χ2v) is 8.76. The predicted octanol–water partition coefficient (Wildman–Crippen LogP) is 0.943. The van der Waals surface area contributed by atoms with Crippen molar-refractivity contribution in [2.24, 2.45) is 0 Å². The number of likely N-dealkylation sites (N-methyl/N-ethyl adjacent to an activating group) is 1. The number of hydrazine groups is 1. The molecule has 0 bridgehead atoms. The summed E-state index contributed by atoms with van der Waals surface area (Å²) in [5.41, 5.74) is 5.01. The lowest BCUT2D eigenvalue weighted by molar-refractivity contribution is -0.137. The molecule has 2 aliphatic heterocycles. The number of aliphatic carboxylic acids is 1. The molecule has 2 atom stereocenters. The van der Waals surface area contributed by atoms with Crippen molar-refractivity contribution in [2.45, 2.75) is 32.4 Å².